The van der Waals surface area contributed by atoms with Gasteiger partial charge in [0.15, 0.2) is 0 Å². The van der Waals surface area contributed by atoms with Gasteiger partial charge < -0.3 is 10.1 Å². The Morgan fingerprint density at radius 3 is 2.48 bits per heavy atom. The number of amides is 1. The van der Waals surface area contributed by atoms with Crippen LogP contribution in [-0.4, -0.2) is 27.0 Å². The average Bonchev–Trinajstić information content (AvgIpc) is 3.22. The first-order chi connectivity index (χ1) is 13.9. The van der Waals surface area contributed by atoms with Crippen LogP contribution in [0.2, 0.25) is 5.02 Å². The zero-order valence-electron chi connectivity index (χ0n) is 15.7. The minimum atomic E-state index is -3.70. The fourth-order valence-corrected chi connectivity index (χ4v) is 4.23. The molecule has 0 saturated heterocycles. The molecular formula is C21H21ClN2O4S. The molecule has 1 amide bonds. The molecule has 0 aliphatic heterocycles. The van der Waals surface area contributed by atoms with Gasteiger partial charge in [-0.25, -0.2) is 8.42 Å². The summed E-state index contributed by atoms with van der Waals surface area (Å²) in [7, 11) is -3.70. The van der Waals surface area contributed by atoms with Crippen molar-refractivity contribution in [2.24, 2.45) is 0 Å². The third-order valence-corrected chi connectivity index (χ3v) is 6.29. The van der Waals surface area contributed by atoms with Crippen molar-refractivity contribution >= 4 is 33.2 Å². The Morgan fingerprint density at radius 2 is 1.86 bits per heavy atom. The lowest BCUT2D eigenvalue weighted by molar-refractivity contribution is 0.102. The first-order valence-electron chi connectivity index (χ1n) is 9.20. The number of carbonyl (C=O) groups is 1. The molecule has 2 aromatic rings. The first kappa shape index (κ1) is 21.2. The molecule has 29 heavy (non-hydrogen) atoms. The van der Waals surface area contributed by atoms with Crippen molar-refractivity contribution in [1.29, 1.82) is 0 Å². The van der Waals surface area contributed by atoms with E-state index in [0.717, 1.165) is 25.7 Å². The number of nitrogens with one attached hydrogen (secondary N) is 2. The van der Waals surface area contributed by atoms with Crippen LogP contribution in [0.1, 0.15) is 36.0 Å². The molecule has 1 aliphatic carbocycles. The number of carbonyl (C=O) groups excluding carboxylic acids is 1. The predicted octanol–water partition coefficient (Wildman–Crippen LogP) is 3.83. The van der Waals surface area contributed by atoms with Crippen molar-refractivity contribution in [3.05, 3.63) is 53.1 Å². The Morgan fingerprint density at radius 1 is 1.17 bits per heavy atom. The molecule has 0 spiro atoms. The number of halogens is 1. The van der Waals surface area contributed by atoms with Crippen LogP contribution >= 0.6 is 11.6 Å². The smallest absolute Gasteiger partial charge is 0.255 e. The summed E-state index contributed by atoms with van der Waals surface area (Å²) in [4.78, 5) is 12.5. The zero-order chi connectivity index (χ0) is 20.9. The molecule has 0 bridgehead atoms. The van der Waals surface area contributed by atoms with E-state index >= 15 is 0 Å². The number of terminal acetylenes is 1. The van der Waals surface area contributed by atoms with E-state index < -0.39 is 10.0 Å². The minimum absolute atomic E-state index is 0.0285. The molecule has 152 valence electrons. The van der Waals surface area contributed by atoms with Gasteiger partial charge in [-0.2, -0.15) is 4.72 Å². The van der Waals surface area contributed by atoms with Crippen LogP contribution < -0.4 is 14.8 Å². The van der Waals surface area contributed by atoms with Crippen molar-refractivity contribution in [3.8, 4) is 18.1 Å². The Hall–Kier alpha value is -2.53. The van der Waals surface area contributed by atoms with Gasteiger partial charge in [0.2, 0.25) is 10.0 Å². The summed E-state index contributed by atoms with van der Waals surface area (Å²) in [5.74, 6) is 2.42. The normalized spacial score (nSPS) is 14.3. The van der Waals surface area contributed by atoms with E-state index in [1.165, 1.54) is 24.3 Å². The number of anilines is 1. The number of hydrogen-bond acceptors (Lipinski definition) is 4. The minimum Gasteiger partial charge on any atom is -0.489 e. The predicted molar refractivity (Wildman–Crippen MR) is 113 cm³/mol. The van der Waals surface area contributed by atoms with Crippen LogP contribution in [-0.2, 0) is 10.0 Å². The zero-order valence-corrected chi connectivity index (χ0v) is 17.2. The van der Waals surface area contributed by atoms with Crippen molar-refractivity contribution in [2.45, 2.75) is 36.7 Å². The first-order valence-corrected chi connectivity index (χ1v) is 11.1. The highest BCUT2D eigenvalue weighted by Gasteiger charge is 2.18. The number of ether oxygens (including phenoxy) is 1. The molecule has 0 aromatic heterocycles. The highest BCUT2D eigenvalue weighted by molar-refractivity contribution is 7.89. The molecule has 1 fully saturated rings. The third-order valence-electron chi connectivity index (χ3n) is 4.58. The lowest BCUT2D eigenvalue weighted by Gasteiger charge is -2.15. The highest BCUT2D eigenvalue weighted by atomic mass is 35.5. The molecule has 1 aliphatic rings. The Labute approximate surface area is 175 Å². The number of benzene rings is 2. The van der Waals surface area contributed by atoms with Crippen molar-refractivity contribution in [2.75, 3.05) is 11.9 Å². The SMILES string of the molecule is C#CCNS(=O)(=O)c1ccc(C(=O)Nc2ccc(OC3CCCC3)c(Cl)c2)cc1. The molecule has 3 rings (SSSR count). The maximum Gasteiger partial charge on any atom is 0.255 e. The molecular weight excluding hydrogens is 412 g/mol. The summed E-state index contributed by atoms with van der Waals surface area (Å²) in [6, 6.07) is 10.6. The molecule has 2 N–H and O–H groups in total. The van der Waals surface area contributed by atoms with E-state index in [4.69, 9.17) is 22.8 Å². The fourth-order valence-electron chi connectivity index (χ4n) is 3.07. The van der Waals surface area contributed by atoms with Gasteiger partial charge in [0.05, 0.1) is 22.6 Å². The summed E-state index contributed by atoms with van der Waals surface area (Å²) >= 11 is 6.29. The van der Waals surface area contributed by atoms with Crippen molar-refractivity contribution in [1.82, 2.24) is 4.72 Å². The summed E-state index contributed by atoms with van der Waals surface area (Å²) in [5.41, 5.74) is 0.828. The second-order valence-electron chi connectivity index (χ2n) is 6.68. The molecule has 0 atom stereocenters. The second-order valence-corrected chi connectivity index (χ2v) is 8.85. The molecule has 0 unspecified atom stereocenters. The standard InChI is InChI=1S/C21H21ClN2O4S/c1-2-13-23-29(26,27)18-10-7-15(8-11-18)21(25)24-16-9-12-20(19(22)14-16)28-17-5-3-4-6-17/h1,7-12,14,17,23H,3-6,13H2,(H,24,25). The third kappa shape index (κ3) is 5.51. The molecule has 6 nitrogen and oxygen atoms in total. The van der Waals surface area contributed by atoms with Crippen LogP contribution in [0, 0.1) is 12.3 Å². The van der Waals surface area contributed by atoms with E-state index in [-0.39, 0.29) is 23.5 Å². The number of hydrogen-bond donors (Lipinski definition) is 2. The molecule has 8 heteroatoms. The van der Waals surface area contributed by atoms with Gasteiger partial charge in [-0.1, -0.05) is 17.5 Å². The van der Waals surface area contributed by atoms with Gasteiger partial charge in [-0.05, 0) is 68.1 Å². The van der Waals surface area contributed by atoms with Crippen LogP contribution in [0.3, 0.4) is 0 Å². The van der Waals surface area contributed by atoms with E-state index in [1.807, 2.05) is 0 Å². The van der Waals surface area contributed by atoms with E-state index in [2.05, 4.69) is 16.0 Å². The van der Waals surface area contributed by atoms with Crippen LogP contribution in [0.25, 0.3) is 0 Å². The molecule has 0 heterocycles. The topological polar surface area (TPSA) is 84.5 Å². The second kappa shape index (κ2) is 9.31. The van der Waals surface area contributed by atoms with E-state index in [0.29, 0.717) is 22.0 Å². The Kier molecular flexibility index (Phi) is 6.80. The molecule has 2 aromatic carbocycles. The van der Waals surface area contributed by atoms with E-state index in [9.17, 15) is 13.2 Å². The maximum atomic E-state index is 12.4. The quantitative estimate of drug-likeness (QED) is 0.651. The highest BCUT2D eigenvalue weighted by Crippen LogP contribution is 2.32. The number of rotatable bonds is 7. The summed E-state index contributed by atoms with van der Waals surface area (Å²) < 4.78 is 32.2. The Bertz CT molecular complexity index is 1020. The van der Waals surface area contributed by atoms with E-state index in [1.54, 1.807) is 18.2 Å². The lowest BCUT2D eigenvalue weighted by atomic mass is 10.2. The summed E-state index contributed by atoms with van der Waals surface area (Å²) in [6.07, 6.45) is 9.64. The van der Waals surface area contributed by atoms with Gasteiger partial charge >= 0.3 is 0 Å². The van der Waals surface area contributed by atoms with Gasteiger partial charge in [-0.3, -0.25) is 4.79 Å². The molecule has 1 saturated carbocycles. The van der Waals surface area contributed by atoms with Crippen molar-refractivity contribution in [3.63, 3.8) is 0 Å². The Balaban J connectivity index is 1.65. The van der Waals surface area contributed by atoms with Gasteiger partial charge in [0, 0.05) is 11.3 Å². The maximum absolute atomic E-state index is 12.4. The lowest BCUT2D eigenvalue weighted by Crippen LogP contribution is -2.24. The summed E-state index contributed by atoms with van der Waals surface area (Å²) in [5, 5.41) is 3.17. The van der Waals surface area contributed by atoms with Gasteiger partial charge in [0.25, 0.3) is 5.91 Å². The summed E-state index contributed by atoms with van der Waals surface area (Å²) in [6.45, 7) is -0.105. The van der Waals surface area contributed by atoms with Crippen LogP contribution in [0.5, 0.6) is 5.75 Å². The van der Waals surface area contributed by atoms with Gasteiger partial charge in [0.1, 0.15) is 5.75 Å². The number of sulfonamides is 1. The monoisotopic (exact) mass is 432 g/mol. The average molecular weight is 433 g/mol. The van der Waals surface area contributed by atoms with Crippen molar-refractivity contribution < 1.29 is 17.9 Å². The molecule has 0 radical (unpaired) electrons. The van der Waals surface area contributed by atoms with Gasteiger partial charge in [-0.15, -0.1) is 6.42 Å². The fraction of sp³-hybridized carbons (Fsp3) is 0.286. The van der Waals surface area contributed by atoms with Crippen LogP contribution in [0.4, 0.5) is 5.69 Å². The van der Waals surface area contributed by atoms with Crippen LogP contribution in [0.15, 0.2) is 47.4 Å². The largest absolute Gasteiger partial charge is 0.489 e.